The number of ether oxygens (including phenoxy) is 1. The van der Waals surface area contributed by atoms with Crippen LogP contribution in [0, 0.1) is 0 Å². The number of nitrogens with one attached hydrogen (secondary N) is 2. The van der Waals surface area contributed by atoms with Crippen LogP contribution in [0.1, 0.15) is 37.3 Å². The molecule has 6 nitrogen and oxygen atoms in total. The molecule has 0 bridgehead atoms. The lowest BCUT2D eigenvalue weighted by molar-refractivity contribution is 0.243. The van der Waals surface area contributed by atoms with Crippen molar-refractivity contribution in [1.82, 2.24) is 5.32 Å². The predicted octanol–water partition coefficient (Wildman–Crippen LogP) is 3.66. The first-order valence-electron chi connectivity index (χ1n) is 9.17. The highest BCUT2D eigenvalue weighted by molar-refractivity contribution is 7.92. The first-order valence-corrected chi connectivity index (χ1v) is 10.7. The van der Waals surface area contributed by atoms with Crippen molar-refractivity contribution in [2.24, 2.45) is 0 Å². The van der Waals surface area contributed by atoms with E-state index in [1.165, 1.54) is 0 Å². The van der Waals surface area contributed by atoms with Crippen LogP contribution < -0.4 is 15.4 Å². The van der Waals surface area contributed by atoms with E-state index in [1.807, 2.05) is 24.3 Å². The smallest absolute Gasteiger partial charge is 0.319 e. The van der Waals surface area contributed by atoms with Crippen molar-refractivity contribution < 1.29 is 17.9 Å². The normalized spacial score (nSPS) is 19.3. The van der Waals surface area contributed by atoms with Gasteiger partial charge in [0.15, 0.2) is 9.84 Å². The molecule has 0 spiro atoms. The summed E-state index contributed by atoms with van der Waals surface area (Å²) in [5, 5.41) is 5.35. The lowest BCUT2D eigenvalue weighted by atomic mass is 10.1. The number of sulfone groups is 1. The highest BCUT2D eigenvalue weighted by Crippen LogP contribution is 2.32. The van der Waals surface area contributed by atoms with Gasteiger partial charge in [0.25, 0.3) is 0 Å². The maximum Gasteiger partial charge on any atom is 0.319 e. The van der Waals surface area contributed by atoms with Gasteiger partial charge in [-0.25, -0.2) is 13.2 Å². The molecular weight excluding hydrogens is 364 g/mol. The van der Waals surface area contributed by atoms with E-state index in [9.17, 15) is 13.2 Å². The average Bonchev–Trinajstić information content (AvgIpc) is 3.33. The first kappa shape index (κ1) is 17.9. The third kappa shape index (κ3) is 3.64. The van der Waals surface area contributed by atoms with Gasteiger partial charge in [0, 0.05) is 11.3 Å². The molecule has 142 valence electrons. The number of benzene rings is 2. The molecule has 1 atom stereocenters. The van der Waals surface area contributed by atoms with Gasteiger partial charge in [-0.3, -0.25) is 0 Å². The number of carbonyl (C=O) groups excluding carboxylic acids is 1. The maximum absolute atomic E-state index is 12.6. The summed E-state index contributed by atoms with van der Waals surface area (Å²) < 4.78 is 30.8. The van der Waals surface area contributed by atoms with Gasteiger partial charge in [-0.2, -0.15) is 0 Å². The maximum atomic E-state index is 12.6. The van der Waals surface area contributed by atoms with Crippen molar-refractivity contribution in [3.05, 3.63) is 54.1 Å². The second-order valence-electron chi connectivity index (χ2n) is 6.98. The minimum Gasteiger partial charge on any atom is -0.491 e. The third-order valence-corrected chi connectivity index (χ3v) is 7.47. The van der Waals surface area contributed by atoms with Gasteiger partial charge < -0.3 is 15.4 Å². The van der Waals surface area contributed by atoms with Crippen molar-refractivity contribution in [2.75, 3.05) is 11.9 Å². The molecule has 1 heterocycles. The summed E-state index contributed by atoms with van der Waals surface area (Å²) in [6.45, 7) is 0.394. The van der Waals surface area contributed by atoms with Crippen LogP contribution >= 0.6 is 0 Å². The molecule has 2 aromatic rings. The molecule has 2 aliphatic rings. The second kappa shape index (κ2) is 7.23. The van der Waals surface area contributed by atoms with E-state index in [1.54, 1.807) is 24.3 Å². The van der Waals surface area contributed by atoms with Gasteiger partial charge in [0.1, 0.15) is 12.4 Å². The van der Waals surface area contributed by atoms with E-state index in [4.69, 9.17) is 4.74 Å². The SMILES string of the molecule is O=C(Nc1ccc(S(=O)(=O)C2CCCC2)cc1)NC1COc2ccccc21. The molecule has 0 radical (unpaired) electrons. The lowest BCUT2D eigenvalue weighted by Crippen LogP contribution is -2.33. The minimum absolute atomic E-state index is 0.205. The highest BCUT2D eigenvalue weighted by Gasteiger charge is 2.30. The molecule has 1 unspecified atom stereocenters. The molecule has 1 fully saturated rings. The summed E-state index contributed by atoms with van der Waals surface area (Å²) in [6.07, 6.45) is 3.40. The Morgan fingerprint density at radius 3 is 2.44 bits per heavy atom. The Labute approximate surface area is 158 Å². The van der Waals surface area contributed by atoms with E-state index >= 15 is 0 Å². The Kier molecular flexibility index (Phi) is 4.78. The van der Waals surface area contributed by atoms with Gasteiger partial charge >= 0.3 is 6.03 Å². The third-order valence-electron chi connectivity index (χ3n) is 5.19. The fraction of sp³-hybridized carbons (Fsp3) is 0.350. The number of urea groups is 1. The Morgan fingerprint density at radius 1 is 1.00 bits per heavy atom. The summed E-state index contributed by atoms with van der Waals surface area (Å²) in [4.78, 5) is 12.6. The molecule has 1 saturated carbocycles. The quantitative estimate of drug-likeness (QED) is 0.840. The topological polar surface area (TPSA) is 84.5 Å². The summed E-state index contributed by atoms with van der Waals surface area (Å²) in [6, 6.07) is 13.4. The van der Waals surface area contributed by atoms with Crippen LogP contribution in [0.2, 0.25) is 0 Å². The van der Waals surface area contributed by atoms with Gasteiger partial charge in [-0.15, -0.1) is 0 Å². The van der Waals surface area contributed by atoms with E-state index in [0.717, 1.165) is 37.0 Å². The first-order chi connectivity index (χ1) is 13.0. The van der Waals surface area contributed by atoms with Crippen molar-refractivity contribution in [2.45, 2.75) is 41.9 Å². The molecule has 1 aliphatic carbocycles. The molecule has 4 rings (SSSR count). The Morgan fingerprint density at radius 2 is 1.70 bits per heavy atom. The largest absolute Gasteiger partial charge is 0.491 e. The second-order valence-corrected chi connectivity index (χ2v) is 9.20. The Bertz CT molecular complexity index is 935. The predicted molar refractivity (Wildman–Crippen MR) is 103 cm³/mol. The average molecular weight is 386 g/mol. The van der Waals surface area contributed by atoms with Crippen LogP contribution in [-0.4, -0.2) is 26.3 Å². The van der Waals surface area contributed by atoms with Crippen LogP contribution in [0.25, 0.3) is 0 Å². The summed E-state index contributed by atoms with van der Waals surface area (Å²) >= 11 is 0. The summed E-state index contributed by atoms with van der Waals surface area (Å²) in [5.41, 5.74) is 1.50. The number of para-hydroxylation sites is 1. The van der Waals surface area contributed by atoms with Crippen molar-refractivity contribution in [1.29, 1.82) is 0 Å². The van der Waals surface area contributed by atoms with E-state index < -0.39 is 9.84 Å². The number of rotatable bonds is 4. The van der Waals surface area contributed by atoms with Crippen LogP contribution in [0.3, 0.4) is 0 Å². The minimum atomic E-state index is -3.28. The number of anilines is 1. The molecular formula is C20H22N2O4S. The number of hydrogen-bond donors (Lipinski definition) is 2. The van der Waals surface area contributed by atoms with Crippen LogP contribution in [0.4, 0.5) is 10.5 Å². The van der Waals surface area contributed by atoms with E-state index in [2.05, 4.69) is 10.6 Å². The molecule has 0 saturated heterocycles. The Hall–Kier alpha value is -2.54. The summed E-state index contributed by atoms with van der Waals surface area (Å²) in [5.74, 6) is 0.782. The van der Waals surface area contributed by atoms with Crippen molar-refractivity contribution in [3.63, 3.8) is 0 Å². The molecule has 27 heavy (non-hydrogen) atoms. The Balaban J connectivity index is 1.39. The zero-order chi connectivity index (χ0) is 18.9. The fourth-order valence-electron chi connectivity index (χ4n) is 3.73. The number of fused-ring (bicyclic) bond motifs is 1. The van der Waals surface area contributed by atoms with Crippen molar-refractivity contribution >= 4 is 21.6 Å². The van der Waals surface area contributed by atoms with Crippen LogP contribution in [0.5, 0.6) is 5.75 Å². The molecule has 2 amide bonds. The van der Waals surface area contributed by atoms with Gasteiger partial charge in [0.2, 0.25) is 0 Å². The van der Waals surface area contributed by atoms with Gasteiger partial charge in [0.05, 0.1) is 16.2 Å². The van der Waals surface area contributed by atoms with E-state index in [-0.39, 0.29) is 17.3 Å². The van der Waals surface area contributed by atoms with Crippen LogP contribution in [-0.2, 0) is 9.84 Å². The van der Waals surface area contributed by atoms with Gasteiger partial charge in [-0.1, -0.05) is 31.0 Å². The summed E-state index contributed by atoms with van der Waals surface area (Å²) in [7, 11) is -3.28. The molecule has 0 aromatic heterocycles. The fourth-order valence-corrected chi connectivity index (χ4v) is 5.58. The van der Waals surface area contributed by atoms with Gasteiger partial charge in [-0.05, 0) is 43.2 Å². The zero-order valence-electron chi connectivity index (χ0n) is 14.9. The number of hydrogen-bond acceptors (Lipinski definition) is 4. The molecule has 7 heteroatoms. The number of carbonyl (C=O) groups is 1. The monoisotopic (exact) mass is 386 g/mol. The zero-order valence-corrected chi connectivity index (χ0v) is 15.7. The molecule has 2 aromatic carbocycles. The lowest BCUT2D eigenvalue weighted by Gasteiger charge is -2.14. The number of amides is 2. The highest BCUT2D eigenvalue weighted by atomic mass is 32.2. The van der Waals surface area contributed by atoms with Crippen LogP contribution in [0.15, 0.2) is 53.4 Å². The van der Waals surface area contributed by atoms with Crippen molar-refractivity contribution in [3.8, 4) is 5.75 Å². The molecule has 2 N–H and O–H groups in total. The standard InChI is InChI=1S/C20H22N2O4S/c23-20(22-18-13-26-19-8-4-3-7-17(18)19)21-14-9-11-16(12-10-14)27(24,25)15-5-1-2-6-15/h3-4,7-12,15,18H,1-2,5-6,13H2,(H2,21,22,23). The molecule has 1 aliphatic heterocycles. The van der Waals surface area contributed by atoms with E-state index in [0.29, 0.717) is 17.2 Å².